The molecule has 6 nitrogen and oxygen atoms in total. The van der Waals surface area contributed by atoms with E-state index in [-0.39, 0.29) is 30.1 Å². The lowest BCUT2D eigenvalue weighted by molar-refractivity contribution is 0.0424. The molecule has 1 atom stereocenters. The van der Waals surface area contributed by atoms with Gasteiger partial charge >= 0.3 is 0 Å². The number of ether oxygens (including phenoxy) is 2. The molecular formula is C21H33IN4O2. The minimum atomic E-state index is 0. The Morgan fingerprint density at radius 2 is 2.25 bits per heavy atom. The molecular weight excluding hydrogens is 467 g/mol. The van der Waals surface area contributed by atoms with Gasteiger partial charge in [0.2, 0.25) is 0 Å². The number of aryl methyl sites for hydroxylation is 1. The molecule has 0 radical (unpaired) electrons. The number of guanidine groups is 1. The Kier molecular flexibility index (Phi) is 10.1. The molecule has 7 heteroatoms. The van der Waals surface area contributed by atoms with Crippen molar-refractivity contribution in [2.24, 2.45) is 4.99 Å². The van der Waals surface area contributed by atoms with E-state index in [0.717, 1.165) is 64.7 Å². The number of benzene rings is 1. The number of H-pyrrole nitrogens is 1. The third kappa shape index (κ3) is 6.63. The van der Waals surface area contributed by atoms with Crippen molar-refractivity contribution in [3.63, 3.8) is 0 Å². The van der Waals surface area contributed by atoms with E-state index < -0.39 is 0 Å². The lowest BCUT2D eigenvalue weighted by Crippen LogP contribution is -2.38. The van der Waals surface area contributed by atoms with Gasteiger partial charge < -0.3 is 25.1 Å². The van der Waals surface area contributed by atoms with Crippen molar-refractivity contribution in [3.8, 4) is 0 Å². The second kappa shape index (κ2) is 12.3. The van der Waals surface area contributed by atoms with Crippen LogP contribution in [0.25, 0.3) is 10.9 Å². The van der Waals surface area contributed by atoms with Crippen molar-refractivity contribution in [2.75, 3.05) is 39.5 Å². The van der Waals surface area contributed by atoms with Crippen LogP contribution in [0.15, 0.2) is 29.4 Å². The van der Waals surface area contributed by atoms with E-state index in [9.17, 15) is 0 Å². The van der Waals surface area contributed by atoms with Gasteiger partial charge in [-0.05, 0) is 50.3 Å². The maximum Gasteiger partial charge on any atom is 0.191 e. The maximum absolute atomic E-state index is 5.79. The molecule has 1 fully saturated rings. The molecule has 1 saturated heterocycles. The second-order valence-corrected chi connectivity index (χ2v) is 6.96. The third-order valence-corrected chi connectivity index (χ3v) is 4.84. The summed E-state index contributed by atoms with van der Waals surface area (Å²) in [6.45, 7) is 9.02. The van der Waals surface area contributed by atoms with Crippen LogP contribution in [0.4, 0.5) is 0 Å². The fraction of sp³-hybridized carbons (Fsp3) is 0.571. The summed E-state index contributed by atoms with van der Waals surface area (Å²) in [5, 5.41) is 8.09. The predicted octanol–water partition coefficient (Wildman–Crippen LogP) is 3.39. The first-order valence-electron chi connectivity index (χ1n) is 10.0. The maximum atomic E-state index is 5.79. The first-order chi connectivity index (χ1) is 13.3. The number of fused-ring (bicyclic) bond motifs is 1. The van der Waals surface area contributed by atoms with Gasteiger partial charge in [0, 0.05) is 49.9 Å². The molecule has 0 spiro atoms. The van der Waals surface area contributed by atoms with Crippen molar-refractivity contribution in [1.82, 2.24) is 15.6 Å². The van der Waals surface area contributed by atoms with E-state index in [4.69, 9.17) is 9.47 Å². The van der Waals surface area contributed by atoms with Gasteiger partial charge in [-0.2, -0.15) is 0 Å². The molecule has 0 aliphatic carbocycles. The summed E-state index contributed by atoms with van der Waals surface area (Å²) >= 11 is 0. The quantitative estimate of drug-likeness (QED) is 0.214. The van der Waals surface area contributed by atoms with Crippen LogP contribution in [0.3, 0.4) is 0 Å². The number of nitrogens with zero attached hydrogens (tertiary/aromatic N) is 1. The SMILES string of the molecule is CCNC(=NCCCOC1CCOC1)NCCc1c[nH]c2cccc(C)c12.I. The fourth-order valence-electron chi connectivity index (χ4n) is 3.46. The van der Waals surface area contributed by atoms with Gasteiger partial charge in [0.1, 0.15) is 0 Å². The van der Waals surface area contributed by atoms with Crippen LogP contribution in [-0.2, 0) is 15.9 Å². The van der Waals surface area contributed by atoms with Gasteiger partial charge in [-0.1, -0.05) is 12.1 Å². The molecule has 0 amide bonds. The Balaban J connectivity index is 0.00000280. The van der Waals surface area contributed by atoms with Crippen LogP contribution in [0.2, 0.25) is 0 Å². The van der Waals surface area contributed by atoms with E-state index in [1.54, 1.807) is 0 Å². The highest BCUT2D eigenvalue weighted by atomic mass is 127. The third-order valence-electron chi connectivity index (χ3n) is 4.84. The van der Waals surface area contributed by atoms with E-state index in [0.29, 0.717) is 0 Å². The van der Waals surface area contributed by atoms with Crippen molar-refractivity contribution >= 4 is 40.8 Å². The van der Waals surface area contributed by atoms with E-state index >= 15 is 0 Å². The lowest BCUT2D eigenvalue weighted by atomic mass is 10.1. The predicted molar refractivity (Wildman–Crippen MR) is 126 cm³/mol. The molecule has 3 N–H and O–H groups in total. The second-order valence-electron chi connectivity index (χ2n) is 6.96. The monoisotopic (exact) mass is 500 g/mol. The minimum absolute atomic E-state index is 0. The summed E-state index contributed by atoms with van der Waals surface area (Å²) in [6, 6.07) is 6.39. The number of hydrogen-bond donors (Lipinski definition) is 3. The van der Waals surface area contributed by atoms with Crippen molar-refractivity contribution in [1.29, 1.82) is 0 Å². The molecule has 2 aromatic rings. The van der Waals surface area contributed by atoms with Crippen LogP contribution in [-0.4, -0.2) is 56.5 Å². The average molecular weight is 500 g/mol. The average Bonchev–Trinajstić information content (AvgIpc) is 3.32. The van der Waals surface area contributed by atoms with Crippen LogP contribution in [0.5, 0.6) is 0 Å². The summed E-state index contributed by atoms with van der Waals surface area (Å²) in [7, 11) is 0. The number of halogens is 1. The summed E-state index contributed by atoms with van der Waals surface area (Å²) in [6.07, 6.45) is 5.29. The number of aliphatic imine (C=N–C) groups is 1. The highest BCUT2D eigenvalue weighted by Crippen LogP contribution is 2.22. The van der Waals surface area contributed by atoms with Crippen molar-refractivity contribution in [3.05, 3.63) is 35.5 Å². The van der Waals surface area contributed by atoms with E-state index in [1.165, 1.54) is 22.0 Å². The molecule has 1 unspecified atom stereocenters. The standard InChI is InChI=1S/C21H32N4O2.HI/c1-3-22-21(23-10-5-12-27-18-9-13-26-15-18)24-11-8-17-14-25-19-7-4-6-16(2)20(17)19;/h4,6-7,14,18,25H,3,5,8-13,15H2,1-2H3,(H2,22,23,24);1H. The number of aromatic amines is 1. The van der Waals surface area contributed by atoms with E-state index in [2.05, 4.69) is 58.9 Å². The van der Waals surface area contributed by atoms with Crippen LogP contribution >= 0.6 is 24.0 Å². The van der Waals surface area contributed by atoms with Crippen LogP contribution in [0, 0.1) is 6.92 Å². The molecule has 28 heavy (non-hydrogen) atoms. The first kappa shape index (κ1) is 23.0. The summed E-state index contributed by atoms with van der Waals surface area (Å²) in [5.74, 6) is 0.873. The van der Waals surface area contributed by atoms with Gasteiger partial charge in [0.25, 0.3) is 0 Å². The van der Waals surface area contributed by atoms with Gasteiger partial charge in [-0.25, -0.2) is 0 Å². The zero-order valence-corrected chi connectivity index (χ0v) is 19.3. The minimum Gasteiger partial charge on any atom is -0.379 e. The zero-order valence-electron chi connectivity index (χ0n) is 16.9. The summed E-state index contributed by atoms with van der Waals surface area (Å²) < 4.78 is 11.1. The molecule has 1 aromatic heterocycles. The first-order valence-corrected chi connectivity index (χ1v) is 10.0. The van der Waals surface area contributed by atoms with E-state index in [1.807, 2.05) is 0 Å². The number of hydrogen-bond acceptors (Lipinski definition) is 3. The molecule has 2 heterocycles. The van der Waals surface area contributed by atoms with Crippen LogP contribution in [0.1, 0.15) is 30.9 Å². The smallest absolute Gasteiger partial charge is 0.191 e. The van der Waals surface area contributed by atoms with Crippen LogP contribution < -0.4 is 10.6 Å². The van der Waals surface area contributed by atoms with Gasteiger partial charge in [0.05, 0.1) is 12.7 Å². The molecule has 0 bridgehead atoms. The Labute approximate surface area is 184 Å². The number of aromatic nitrogens is 1. The molecule has 1 aliphatic rings. The normalized spacial score (nSPS) is 16.9. The molecule has 1 aliphatic heterocycles. The number of nitrogens with one attached hydrogen (secondary N) is 3. The Hall–Kier alpha value is -1.32. The molecule has 0 saturated carbocycles. The van der Waals surface area contributed by atoms with Gasteiger partial charge in [-0.3, -0.25) is 4.99 Å². The Bertz CT molecular complexity index is 741. The summed E-state index contributed by atoms with van der Waals surface area (Å²) in [4.78, 5) is 8.02. The van der Waals surface area contributed by atoms with Crippen molar-refractivity contribution in [2.45, 2.75) is 39.2 Å². The Morgan fingerprint density at radius 1 is 1.36 bits per heavy atom. The number of rotatable bonds is 9. The molecule has 1 aromatic carbocycles. The summed E-state index contributed by atoms with van der Waals surface area (Å²) in [5.41, 5.74) is 3.87. The molecule has 156 valence electrons. The molecule has 3 rings (SSSR count). The highest BCUT2D eigenvalue weighted by Gasteiger charge is 2.15. The fourth-order valence-corrected chi connectivity index (χ4v) is 3.46. The van der Waals surface area contributed by atoms with Gasteiger partial charge in [0.15, 0.2) is 5.96 Å². The Morgan fingerprint density at radius 3 is 3.04 bits per heavy atom. The zero-order chi connectivity index (χ0) is 18.9. The lowest BCUT2D eigenvalue weighted by Gasteiger charge is -2.12. The van der Waals surface area contributed by atoms with Gasteiger partial charge in [-0.15, -0.1) is 24.0 Å². The topological polar surface area (TPSA) is 70.7 Å². The highest BCUT2D eigenvalue weighted by molar-refractivity contribution is 14.0. The largest absolute Gasteiger partial charge is 0.379 e. The van der Waals surface area contributed by atoms with Crippen molar-refractivity contribution < 1.29 is 9.47 Å².